The first-order valence-electron chi connectivity index (χ1n) is 4.28. The Morgan fingerprint density at radius 3 is 2.75 bits per heavy atom. The predicted molar refractivity (Wildman–Crippen MR) is 50.3 cm³/mol. The minimum Gasteiger partial charge on any atom is -0.507 e. The van der Waals surface area contributed by atoms with Gasteiger partial charge in [-0.25, -0.2) is 0 Å². The Bertz CT molecular complexity index is 415. The Labute approximate surface area is 71.7 Å². The predicted octanol–water partition coefficient (Wildman–Crippen LogP) is 1.06. The van der Waals surface area contributed by atoms with E-state index in [1.165, 1.54) is 5.22 Å². The van der Waals surface area contributed by atoms with Crippen LogP contribution in [0.4, 0.5) is 0 Å². The quantitative estimate of drug-likeness (QED) is 0.601. The molecule has 0 saturated heterocycles. The summed E-state index contributed by atoms with van der Waals surface area (Å²) >= 11 is 0. The highest BCUT2D eigenvalue weighted by Crippen LogP contribution is 2.08. The van der Waals surface area contributed by atoms with Crippen LogP contribution in [0.25, 0.3) is 12.2 Å². The summed E-state index contributed by atoms with van der Waals surface area (Å²) in [6.45, 7) is 1.93. The average Bonchev–Trinajstić information content (AvgIpc) is 2.12. The molecular formula is C11H12O. The van der Waals surface area contributed by atoms with Gasteiger partial charge in [0.15, 0.2) is 0 Å². The van der Waals surface area contributed by atoms with E-state index in [1.807, 2.05) is 13.0 Å². The van der Waals surface area contributed by atoms with Gasteiger partial charge in [0.2, 0.25) is 0 Å². The number of aromatic hydroxyl groups is 1. The Hall–Kier alpha value is -1.24. The van der Waals surface area contributed by atoms with E-state index in [2.05, 4.69) is 18.2 Å². The number of hydrogen-bond donors (Lipinski definition) is 1. The van der Waals surface area contributed by atoms with Gasteiger partial charge >= 0.3 is 0 Å². The maximum Gasteiger partial charge on any atom is 0.125 e. The molecule has 0 spiro atoms. The van der Waals surface area contributed by atoms with Crippen molar-refractivity contribution in [2.45, 2.75) is 19.8 Å². The van der Waals surface area contributed by atoms with Crippen LogP contribution in [0, 0.1) is 6.92 Å². The fourth-order valence-corrected chi connectivity index (χ4v) is 1.59. The molecule has 1 N–H and O–H groups in total. The van der Waals surface area contributed by atoms with Gasteiger partial charge in [0.05, 0.1) is 0 Å². The van der Waals surface area contributed by atoms with Crippen LogP contribution < -0.4 is 10.4 Å². The number of benzene rings is 1. The third-order valence-electron chi connectivity index (χ3n) is 2.33. The number of phenols is 1. The van der Waals surface area contributed by atoms with Gasteiger partial charge in [0, 0.05) is 5.22 Å². The summed E-state index contributed by atoms with van der Waals surface area (Å²) in [5.41, 5.74) is 0.959. The third kappa shape index (κ3) is 1.02. The van der Waals surface area contributed by atoms with Crippen LogP contribution in [-0.4, -0.2) is 5.11 Å². The first kappa shape index (κ1) is 7.41. The summed E-state index contributed by atoms with van der Waals surface area (Å²) in [5.74, 6) is 0.448. The molecule has 1 heteroatoms. The molecule has 0 bridgehead atoms. The summed E-state index contributed by atoms with van der Waals surface area (Å²) in [6, 6.07) is 4.03. The Morgan fingerprint density at radius 1 is 1.17 bits per heavy atom. The standard InChI is InChI=1S/C11H12O/c1-8-6-7-9-4-2-3-5-10(9)11(8)12/h4-7,12H,2-3H2,1H3. The van der Waals surface area contributed by atoms with Crippen LogP contribution in [0.2, 0.25) is 0 Å². The van der Waals surface area contributed by atoms with Crippen molar-refractivity contribution < 1.29 is 5.11 Å². The van der Waals surface area contributed by atoms with Gasteiger partial charge in [-0.1, -0.05) is 24.3 Å². The lowest BCUT2D eigenvalue weighted by Crippen LogP contribution is -2.26. The number of hydrogen-bond acceptors (Lipinski definition) is 1. The van der Waals surface area contributed by atoms with E-state index in [9.17, 15) is 5.11 Å². The van der Waals surface area contributed by atoms with Crippen LogP contribution >= 0.6 is 0 Å². The number of aryl methyl sites for hydroxylation is 1. The fourth-order valence-electron chi connectivity index (χ4n) is 1.59. The molecule has 0 unspecified atom stereocenters. The SMILES string of the molecule is Cc1ccc2c(c1O)=CCCC=2. The molecule has 0 aromatic heterocycles. The van der Waals surface area contributed by atoms with Crippen LogP contribution in [0.5, 0.6) is 5.75 Å². The molecule has 0 saturated carbocycles. The molecular weight excluding hydrogens is 148 g/mol. The van der Waals surface area contributed by atoms with Crippen molar-refractivity contribution in [2.24, 2.45) is 0 Å². The zero-order valence-electron chi connectivity index (χ0n) is 7.17. The third-order valence-corrected chi connectivity index (χ3v) is 2.33. The largest absolute Gasteiger partial charge is 0.507 e. The van der Waals surface area contributed by atoms with Crippen LogP contribution in [0.15, 0.2) is 12.1 Å². The highest BCUT2D eigenvalue weighted by molar-refractivity contribution is 5.46. The monoisotopic (exact) mass is 160 g/mol. The minimum atomic E-state index is 0.448. The Kier molecular flexibility index (Phi) is 1.65. The highest BCUT2D eigenvalue weighted by atomic mass is 16.3. The lowest BCUT2D eigenvalue weighted by atomic mass is 10.0. The number of rotatable bonds is 0. The molecule has 1 aliphatic rings. The molecule has 1 nitrogen and oxygen atoms in total. The van der Waals surface area contributed by atoms with Gasteiger partial charge in [-0.3, -0.25) is 0 Å². The van der Waals surface area contributed by atoms with Crippen molar-refractivity contribution in [1.82, 2.24) is 0 Å². The summed E-state index contributed by atoms with van der Waals surface area (Å²) in [5, 5.41) is 11.9. The second-order valence-electron chi connectivity index (χ2n) is 3.22. The van der Waals surface area contributed by atoms with E-state index in [4.69, 9.17) is 0 Å². The molecule has 0 radical (unpaired) electrons. The van der Waals surface area contributed by atoms with E-state index in [1.54, 1.807) is 0 Å². The van der Waals surface area contributed by atoms with Crippen molar-refractivity contribution in [2.75, 3.05) is 0 Å². The molecule has 0 fully saturated rings. The molecule has 1 aromatic carbocycles. The van der Waals surface area contributed by atoms with Crippen molar-refractivity contribution in [3.63, 3.8) is 0 Å². The summed E-state index contributed by atoms with van der Waals surface area (Å²) in [4.78, 5) is 0. The van der Waals surface area contributed by atoms with E-state index in [0.717, 1.165) is 23.6 Å². The average molecular weight is 160 g/mol. The first-order valence-corrected chi connectivity index (χ1v) is 4.28. The molecule has 0 aliphatic heterocycles. The minimum absolute atomic E-state index is 0.448. The molecule has 1 aromatic rings. The summed E-state index contributed by atoms with van der Waals surface area (Å²) in [6.07, 6.45) is 6.42. The number of phenolic OH excluding ortho intramolecular Hbond substituents is 1. The first-order chi connectivity index (χ1) is 5.79. The molecule has 12 heavy (non-hydrogen) atoms. The zero-order valence-corrected chi connectivity index (χ0v) is 7.17. The maximum atomic E-state index is 9.69. The molecule has 62 valence electrons. The molecule has 0 heterocycles. The lowest BCUT2D eigenvalue weighted by Gasteiger charge is -2.03. The normalized spacial score (nSPS) is 14.4. The maximum absolute atomic E-state index is 9.69. The van der Waals surface area contributed by atoms with Gasteiger partial charge in [-0.15, -0.1) is 0 Å². The van der Waals surface area contributed by atoms with E-state index in [0.29, 0.717) is 5.75 Å². The lowest BCUT2D eigenvalue weighted by molar-refractivity contribution is 0.465. The second kappa shape index (κ2) is 2.67. The summed E-state index contributed by atoms with van der Waals surface area (Å²) < 4.78 is 0. The second-order valence-corrected chi connectivity index (χ2v) is 3.22. The van der Waals surface area contributed by atoms with Gasteiger partial charge in [0.1, 0.15) is 5.75 Å². The zero-order chi connectivity index (χ0) is 8.55. The van der Waals surface area contributed by atoms with Crippen LogP contribution in [0.3, 0.4) is 0 Å². The topological polar surface area (TPSA) is 20.2 Å². The highest BCUT2D eigenvalue weighted by Gasteiger charge is 2.00. The smallest absolute Gasteiger partial charge is 0.125 e. The Morgan fingerprint density at radius 2 is 1.92 bits per heavy atom. The van der Waals surface area contributed by atoms with E-state index >= 15 is 0 Å². The van der Waals surface area contributed by atoms with Gasteiger partial charge in [-0.05, 0) is 30.5 Å². The van der Waals surface area contributed by atoms with Crippen molar-refractivity contribution in [3.05, 3.63) is 28.1 Å². The molecule has 1 aliphatic carbocycles. The molecule has 0 atom stereocenters. The number of fused-ring (bicyclic) bond motifs is 1. The fraction of sp³-hybridized carbons (Fsp3) is 0.273. The van der Waals surface area contributed by atoms with Crippen molar-refractivity contribution in [1.29, 1.82) is 0 Å². The van der Waals surface area contributed by atoms with Crippen LogP contribution in [-0.2, 0) is 0 Å². The van der Waals surface area contributed by atoms with Gasteiger partial charge in [0.25, 0.3) is 0 Å². The Balaban J connectivity index is 2.88. The van der Waals surface area contributed by atoms with Crippen molar-refractivity contribution in [3.8, 4) is 5.75 Å². The van der Waals surface area contributed by atoms with Crippen LogP contribution in [0.1, 0.15) is 18.4 Å². The van der Waals surface area contributed by atoms with E-state index in [-0.39, 0.29) is 0 Å². The summed E-state index contributed by atoms with van der Waals surface area (Å²) in [7, 11) is 0. The molecule has 2 rings (SSSR count). The van der Waals surface area contributed by atoms with Crippen molar-refractivity contribution >= 4 is 12.2 Å². The van der Waals surface area contributed by atoms with Gasteiger partial charge in [-0.2, -0.15) is 0 Å². The van der Waals surface area contributed by atoms with E-state index < -0.39 is 0 Å². The molecule has 0 amide bonds. The van der Waals surface area contributed by atoms with Gasteiger partial charge < -0.3 is 5.11 Å².